The highest BCUT2D eigenvalue weighted by Crippen LogP contribution is 2.16. The minimum absolute atomic E-state index is 0.162. The third-order valence-electron chi connectivity index (χ3n) is 4.07. The molecular formula is C15H23F2N3. The van der Waals surface area contributed by atoms with Crippen molar-refractivity contribution in [1.29, 1.82) is 0 Å². The Morgan fingerprint density at radius 3 is 2.80 bits per heavy atom. The van der Waals surface area contributed by atoms with Gasteiger partial charge in [0.2, 0.25) is 0 Å². The first-order valence-corrected chi connectivity index (χ1v) is 7.04. The molecule has 1 saturated heterocycles. The molecule has 112 valence electrons. The van der Waals surface area contributed by atoms with E-state index in [4.69, 9.17) is 5.73 Å². The van der Waals surface area contributed by atoms with Crippen LogP contribution in [-0.4, -0.2) is 55.6 Å². The third-order valence-corrected chi connectivity index (χ3v) is 4.07. The number of likely N-dealkylation sites (N-methyl/N-ethyl adjacent to an activating group) is 2. The summed E-state index contributed by atoms with van der Waals surface area (Å²) in [5.41, 5.74) is 6.49. The zero-order chi connectivity index (χ0) is 14.7. The average Bonchev–Trinajstić information content (AvgIpc) is 2.39. The van der Waals surface area contributed by atoms with Crippen LogP contribution in [0, 0.1) is 11.6 Å². The van der Waals surface area contributed by atoms with E-state index in [1.807, 2.05) is 0 Å². The maximum Gasteiger partial charge on any atom is 0.162 e. The molecule has 0 radical (unpaired) electrons. The fraction of sp³-hybridized carbons (Fsp3) is 0.600. The average molecular weight is 283 g/mol. The van der Waals surface area contributed by atoms with Crippen molar-refractivity contribution in [3.05, 3.63) is 35.4 Å². The van der Waals surface area contributed by atoms with Gasteiger partial charge in [0.05, 0.1) is 0 Å². The van der Waals surface area contributed by atoms with Crippen molar-refractivity contribution < 1.29 is 8.78 Å². The summed E-state index contributed by atoms with van der Waals surface area (Å²) in [6.45, 7) is 3.04. The molecule has 2 rings (SSSR count). The summed E-state index contributed by atoms with van der Waals surface area (Å²) in [4.78, 5) is 4.57. The first kappa shape index (κ1) is 15.4. The number of hydrogen-bond donors (Lipinski definition) is 1. The number of benzene rings is 1. The molecule has 1 aromatic carbocycles. The number of rotatable bonds is 4. The molecule has 2 unspecified atom stereocenters. The highest BCUT2D eigenvalue weighted by atomic mass is 19.2. The summed E-state index contributed by atoms with van der Waals surface area (Å²) < 4.78 is 26.8. The maximum absolute atomic E-state index is 13.6. The molecule has 3 nitrogen and oxygen atoms in total. The zero-order valence-corrected chi connectivity index (χ0v) is 12.1. The molecule has 1 aliphatic rings. The SMILES string of the molecule is CN1CCN(C)C(CC(N)Cc2cccc(F)c2F)C1. The molecule has 0 bridgehead atoms. The Morgan fingerprint density at radius 1 is 1.30 bits per heavy atom. The Balaban J connectivity index is 1.94. The fourth-order valence-electron chi connectivity index (χ4n) is 2.78. The summed E-state index contributed by atoms with van der Waals surface area (Å²) >= 11 is 0. The van der Waals surface area contributed by atoms with Crippen LogP contribution >= 0.6 is 0 Å². The van der Waals surface area contributed by atoms with Crippen LogP contribution in [0.15, 0.2) is 18.2 Å². The van der Waals surface area contributed by atoms with E-state index in [-0.39, 0.29) is 6.04 Å². The number of nitrogens with zero attached hydrogens (tertiary/aromatic N) is 2. The summed E-state index contributed by atoms with van der Waals surface area (Å²) in [6, 6.07) is 4.48. The van der Waals surface area contributed by atoms with E-state index in [1.54, 1.807) is 6.07 Å². The quantitative estimate of drug-likeness (QED) is 0.908. The molecule has 1 fully saturated rings. The predicted octanol–water partition coefficient (Wildman–Crippen LogP) is 1.47. The molecule has 0 spiro atoms. The van der Waals surface area contributed by atoms with E-state index in [0.717, 1.165) is 32.1 Å². The van der Waals surface area contributed by atoms with Crippen LogP contribution in [0.4, 0.5) is 8.78 Å². The maximum atomic E-state index is 13.6. The third kappa shape index (κ3) is 3.75. The van der Waals surface area contributed by atoms with Gasteiger partial charge >= 0.3 is 0 Å². The second kappa shape index (κ2) is 6.61. The second-order valence-electron chi connectivity index (χ2n) is 5.81. The standard InChI is InChI=1S/C15H23F2N3/c1-19-6-7-20(2)13(10-19)9-12(18)8-11-4-3-5-14(16)15(11)17/h3-5,12-13H,6-10,18H2,1-2H3. The van der Waals surface area contributed by atoms with Gasteiger partial charge in [-0.15, -0.1) is 0 Å². The molecule has 5 heteroatoms. The van der Waals surface area contributed by atoms with Gasteiger partial charge in [0.15, 0.2) is 11.6 Å². The first-order chi connectivity index (χ1) is 9.47. The summed E-state index contributed by atoms with van der Waals surface area (Å²) in [5, 5.41) is 0. The fourth-order valence-corrected chi connectivity index (χ4v) is 2.78. The summed E-state index contributed by atoms with van der Waals surface area (Å²) in [6.07, 6.45) is 1.16. The minimum Gasteiger partial charge on any atom is -0.327 e. The van der Waals surface area contributed by atoms with E-state index >= 15 is 0 Å². The molecule has 0 amide bonds. The highest BCUT2D eigenvalue weighted by molar-refractivity contribution is 5.20. The van der Waals surface area contributed by atoms with E-state index < -0.39 is 11.6 Å². The van der Waals surface area contributed by atoms with Gasteiger partial charge in [-0.3, -0.25) is 0 Å². The van der Waals surface area contributed by atoms with E-state index in [1.165, 1.54) is 6.07 Å². The topological polar surface area (TPSA) is 32.5 Å². The van der Waals surface area contributed by atoms with Crippen LogP contribution < -0.4 is 5.73 Å². The van der Waals surface area contributed by atoms with Crippen LogP contribution in [0.3, 0.4) is 0 Å². The second-order valence-corrected chi connectivity index (χ2v) is 5.81. The Bertz CT molecular complexity index is 453. The molecule has 0 aromatic heterocycles. The van der Waals surface area contributed by atoms with Gasteiger partial charge in [-0.25, -0.2) is 8.78 Å². The molecule has 1 aromatic rings. The monoisotopic (exact) mass is 283 g/mol. The molecule has 2 atom stereocenters. The number of hydrogen-bond acceptors (Lipinski definition) is 3. The summed E-state index contributed by atoms with van der Waals surface area (Å²) in [5.74, 6) is -1.57. The van der Waals surface area contributed by atoms with Crippen LogP contribution in [0.2, 0.25) is 0 Å². The molecule has 0 saturated carbocycles. The van der Waals surface area contributed by atoms with Crippen molar-refractivity contribution >= 4 is 0 Å². The normalized spacial score (nSPS) is 22.9. The molecule has 0 aliphatic carbocycles. The van der Waals surface area contributed by atoms with E-state index in [9.17, 15) is 8.78 Å². The Kier molecular flexibility index (Phi) is 5.07. The van der Waals surface area contributed by atoms with Gasteiger partial charge in [-0.1, -0.05) is 12.1 Å². The first-order valence-electron chi connectivity index (χ1n) is 7.04. The van der Waals surface area contributed by atoms with Crippen LogP contribution in [0.5, 0.6) is 0 Å². The van der Waals surface area contributed by atoms with Crippen molar-refractivity contribution in [1.82, 2.24) is 9.80 Å². The van der Waals surface area contributed by atoms with Gasteiger partial charge in [-0.2, -0.15) is 0 Å². The lowest BCUT2D eigenvalue weighted by atomic mass is 9.98. The number of halogens is 2. The molecular weight excluding hydrogens is 260 g/mol. The smallest absolute Gasteiger partial charge is 0.162 e. The Hall–Kier alpha value is -1.04. The van der Waals surface area contributed by atoms with Crippen molar-refractivity contribution in [2.75, 3.05) is 33.7 Å². The summed E-state index contributed by atoms with van der Waals surface area (Å²) in [7, 11) is 4.19. The van der Waals surface area contributed by atoms with Crippen LogP contribution in [0.25, 0.3) is 0 Å². The van der Waals surface area contributed by atoms with Gasteiger partial charge in [0.25, 0.3) is 0 Å². The lowest BCUT2D eigenvalue weighted by Crippen LogP contribution is -2.51. The number of nitrogens with two attached hydrogens (primary N) is 1. The molecule has 2 N–H and O–H groups in total. The number of piperazine rings is 1. The van der Waals surface area contributed by atoms with Crippen molar-refractivity contribution in [2.24, 2.45) is 5.73 Å². The Morgan fingerprint density at radius 2 is 2.05 bits per heavy atom. The Labute approximate surface area is 119 Å². The van der Waals surface area contributed by atoms with Crippen molar-refractivity contribution in [3.63, 3.8) is 0 Å². The van der Waals surface area contributed by atoms with Crippen LogP contribution in [0.1, 0.15) is 12.0 Å². The van der Waals surface area contributed by atoms with Crippen LogP contribution in [-0.2, 0) is 6.42 Å². The van der Waals surface area contributed by atoms with E-state index in [2.05, 4.69) is 23.9 Å². The van der Waals surface area contributed by atoms with Gasteiger partial charge < -0.3 is 15.5 Å². The van der Waals surface area contributed by atoms with E-state index in [0.29, 0.717) is 18.0 Å². The lowest BCUT2D eigenvalue weighted by Gasteiger charge is -2.38. The molecule has 20 heavy (non-hydrogen) atoms. The van der Waals surface area contributed by atoms with Crippen molar-refractivity contribution in [2.45, 2.75) is 24.9 Å². The zero-order valence-electron chi connectivity index (χ0n) is 12.1. The van der Waals surface area contributed by atoms with Gasteiger partial charge in [-0.05, 0) is 38.6 Å². The predicted molar refractivity (Wildman–Crippen MR) is 76.6 cm³/mol. The lowest BCUT2D eigenvalue weighted by molar-refractivity contribution is 0.104. The molecule has 1 aliphatic heterocycles. The van der Waals surface area contributed by atoms with Gasteiger partial charge in [0.1, 0.15) is 0 Å². The highest BCUT2D eigenvalue weighted by Gasteiger charge is 2.24. The van der Waals surface area contributed by atoms with Gasteiger partial charge in [0, 0.05) is 31.7 Å². The minimum atomic E-state index is -0.802. The van der Waals surface area contributed by atoms with Crippen molar-refractivity contribution in [3.8, 4) is 0 Å². The largest absolute Gasteiger partial charge is 0.327 e. The molecule has 1 heterocycles.